The van der Waals surface area contributed by atoms with Crippen LogP contribution in [0.2, 0.25) is 0 Å². The number of hydrogen-bond donors (Lipinski definition) is 2. The minimum absolute atomic E-state index is 0.310. The molecule has 0 radical (unpaired) electrons. The first-order chi connectivity index (χ1) is 6.21. The van der Waals surface area contributed by atoms with Gasteiger partial charge in [0.15, 0.2) is 0 Å². The summed E-state index contributed by atoms with van der Waals surface area (Å²) in [5.74, 6) is -0.310. The van der Waals surface area contributed by atoms with Gasteiger partial charge in [-0.15, -0.1) is 0 Å². The zero-order valence-electron chi connectivity index (χ0n) is 7.23. The van der Waals surface area contributed by atoms with E-state index in [-0.39, 0.29) is 5.91 Å². The number of aromatic nitrogens is 1. The molecule has 1 amide bonds. The van der Waals surface area contributed by atoms with Crippen LogP contribution < -0.4 is 5.43 Å². The molecule has 2 rings (SSSR count). The first kappa shape index (κ1) is 8.31. The summed E-state index contributed by atoms with van der Waals surface area (Å²) in [5, 5.41) is 9.65. The third-order valence-corrected chi connectivity index (χ3v) is 2.44. The molecule has 1 saturated carbocycles. The maximum Gasteiger partial charge on any atom is 0.270 e. The lowest BCUT2D eigenvalue weighted by molar-refractivity contribution is -0.143. The van der Waals surface area contributed by atoms with E-state index in [4.69, 9.17) is 0 Å². The van der Waals surface area contributed by atoms with Crippen LogP contribution in [0.25, 0.3) is 0 Å². The molecular formula is C9H12N2O2. The number of nitrogens with one attached hydrogen (secondary N) is 1. The fourth-order valence-corrected chi connectivity index (χ4v) is 1.37. The van der Waals surface area contributed by atoms with E-state index in [1.54, 1.807) is 17.1 Å². The molecule has 0 spiro atoms. The lowest BCUT2D eigenvalue weighted by Crippen LogP contribution is -2.50. The van der Waals surface area contributed by atoms with Gasteiger partial charge in [0, 0.05) is 12.4 Å². The Kier molecular flexibility index (Phi) is 1.84. The highest BCUT2D eigenvalue weighted by Crippen LogP contribution is 2.31. The predicted octanol–water partition coefficient (Wildman–Crippen LogP) is 0.473. The molecule has 0 bridgehead atoms. The van der Waals surface area contributed by atoms with Crippen molar-refractivity contribution < 1.29 is 9.90 Å². The summed E-state index contributed by atoms with van der Waals surface area (Å²) in [5.41, 5.74) is 1.47. The van der Waals surface area contributed by atoms with Crippen LogP contribution in [0.1, 0.15) is 19.3 Å². The third-order valence-electron chi connectivity index (χ3n) is 2.44. The predicted molar refractivity (Wildman–Crippen MR) is 47.6 cm³/mol. The van der Waals surface area contributed by atoms with Crippen LogP contribution in [0.3, 0.4) is 0 Å². The topological polar surface area (TPSA) is 54.3 Å². The second kappa shape index (κ2) is 2.88. The van der Waals surface area contributed by atoms with Crippen molar-refractivity contribution in [3.05, 3.63) is 24.5 Å². The van der Waals surface area contributed by atoms with Crippen LogP contribution in [0, 0.1) is 0 Å². The van der Waals surface area contributed by atoms with Crippen molar-refractivity contribution in [2.45, 2.75) is 24.9 Å². The van der Waals surface area contributed by atoms with Gasteiger partial charge in [-0.2, -0.15) is 0 Å². The Morgan fingerprint density at radius 2 is 2.00 bits per heavy atom. The van der Waals surface area contributed by atoms with Crippen molar-refractivity contribution in [3.8, 4) is 0 Å². The summed E-state index contributed by atoms with van der Waals surface area (Å²) >= 11 is 0. The number of carbonyl (C=O) groups excluding carboxylic acids is 1. The van der Waals surface area contributed by atoms with Crippen LogP contribution in [-0.2, 0) is 4.79 Å². The normalized spacial score (nSPS) is 19.2. The van der Waals surface area contributed by atoms with E-state index in [0.717, 1.165) is 6.42 Å². The Bertz CT molecular complexity index is 301. The molecule has 1 fully saturated rings. The molecule has 70 valence electrons. The molecule has 0 saturated heterocycles. The van der Waals surface area contributed by atoms with Gasteiger partial charge in [0.05, 0.1) is 0 Å². The molecule has 1 aromatic heterocycles. The maximum absolute atomic E-state index is 11.4. The lowest BCUT2D eigenvalue weighted by Gasteiger charge is -2.34. The van der Waals surface area contributed by atoms with E-state index in [0.29, 0.717) is 12.8 Å². The van der Waals surface area contributed by atoms with Crippen LogP contribution in [0.4, 0.5) is 0 Å². The van der Waals surface area contributed by atoms with E-state index in [9.17, 15) is 9.90 Å². The summed E-state index contributed by atoms with van der Waals surface area (Å²) in [7, 11) is 0. The largest absolute Gasteiger partial charge is 0.380 e. The highest BCUT2D eigenvalue weighted by Gasteiger charge is 2.42. The average Bonchev–Trinajstić information content (AvgIpc) is 2.52. The quantitative estimate of drug-likeness (QED) is 0.695. The minimum atomic E-state index is -1.12. The molecule has 0 aliphatic heterocycles. The average molecular weight is 180 g/mol. The highest BCUT2D eigenvalue weighted by atomic mass is 16.3. The first-order valence-electron chi connectivity index (χ1n) is 4.37. The Hall–Kier alpha value is -1.29. The molecule has 1 aromatic rings. The van der Waals surface area contributed by atoms with Crippen molar-refractivity contribution in [3.63, 3.8) is 0 Å². The van der Waals surface area contributed by atoms with Gasteiger partial charge in [-0.25, -0.2) is 0 Å². The number of aliphatic hydroxyl groups is 1. The van der Waals surface area contributed by atoms with Crippen LogP contribution in [0.15, 0.2) is 24.5 Å². The smallest absolute Gasteiger partial charge is 0.270 e. The van der Waals surface area contributed by atoms with Gasteiger partial charge >= 0.3 is 0 Å². The minimum Gasteiger partial charge on any atom is -0.380 e. The Labute approximate surface area is 76.1 Å². The van der Waals surface area contributed by atoms with Crippen molar-refractivity contribution in [1.29, 1.82) is 0 Å². The van der Waals surface area contributed by atoms with E-state index in [1.807, 2.05) is 12.1 Å². The van der Waals surface area contributed by atoms with Gasteiger partial charge in [-0.3, -0.25) is 14.9 Å². The first-order valence-corrected chi connectivity index (χ1v) is 4.37. The summed E-state index contributed by atoms with van der Waals surface area (Å²) in [6.07, 6.45) is 5.51. The molecule has 4 nitrogen and oxygen atoms in total. The SMILES string of the molecule is O=C(Nn1cccc1)C1(O)CCC1. The van der Waals surface area contributed by atoms with Crippen LogP contribution in [-0.4, -0.2) is 21.3 Å². The van der Waals surface area contributed by atoms with E-state index in [1.165, 1.54) is 0 Å². The van der Waals surface area contributed by atoms with E-state index >= 15 is 0 Å². The van der Waals surface area contributed by atoms with Gasteiger partial charge in [0.1, 0.15) is 5.60 Å². The maximum atomic E-state index is 11.4. The lowest BCUT2D eigenvalue weighted by atomic mass is 9.80. The number of rotatable bonds is 2. The molecule has 1 aliphatic carbocycles. The van der Waals surface area contributed by atoms with Crippen LogP contribution in [0.5, 0.6) is 0 Å². The highest BCUT2D eigenvalue weighted by molar-refractivity contribution is 5.92. The summed E-state index contributed by atoms with van der Waals surface area (Å²) < 4.78 is 1.54. The number of carbonyl (C=O) groups is 1. The monoisotopic (exact) mass is 180 g/mol. The fourth-order valence-electron chi connectivity index (χ4n) is 1.37. The number of nitrogens with zero attached hydrogens (tertiary/aromatic N) is 1. The van der Waals surface area contributed by atoms with Crippen molar-refractivity contribution in [2.75, 3.05) is 5.43 Å². The fraction of sp³-hybridized carbons (Fsp3) is 0.444. The zero-order valence-corrected chi connectivity index (χ0v) is 7.23. The van der Waals surface area contributed by atoms with Crippen molar-refractivity contribution in [2.24, 2.45) is 0 Å². The summed E-state index contributed by atoms with van der Waals surface area (Å²) in [4.78, 5) is 11.4. The van der Waals surface area contributed by atoms with Crippen molar-refractivity contribution >= 4 is 5.91 Å². The molecule has 0 aromatic carbocycles. The van der Waals surface area contributed by atoms with Gasteiger partial charge < -0.3 is 5.11 Å². The summed E-state index contributed by atoms with van der Waals surface area (Å²) in [6, 6.07) is 3.62. The Balaban J connectivity index is 1.99. The molecule has 2 N–H and O–H groups in total. The van der Waals surface area contributed by atoms with E-state index in [2.05, 4.69) is 5.43 Å². The van der Waals surface area contributed by atoms with Crippen LogP contribution >= 0.6 is 0 Å². The summed E-state index contributed by atoms with van der Waals surface area (Å²) in [6.45, 7) is 0. The molecule has 0 atom stereocenters. The number of hydrogen-bond acceptors (Lipinski definition) is 2. The molecule has 0 unspecified atom stereocenters. The Morgan fingerprint density at radius 1 is 1.38 bits per heavy atom. The number of amides is 1. The van der Waals surface area contributed by atoms with Gasteiger partial charge in [0.25, 0.3) is 5.91 Å². The van der Waals surface area contributed by atoms with Gasteiger partial charge in [-0.1, -0.05) is 0 Å². The molecule has 13 heavy (non-hydrogen) atoms. The molecule has 4 heteroatoms. The Morgan fingerprint density at radius 3 is 2.46 bits per heavy atom. The van der Waals surface area contributed by atoms with E-state index < -0.39 is 5.60 Å². The molecule has 1 heterocycles. The van der Waals surface area contributed by atoms with Crippen molar-refractivity contribution in [1.82, 2.24) is 4.68 Å². The second-order valence-corrected chi connectivity index (χ2v) is 3.42. The third kappa shape index (κ3) is 1.45. The second-order valence-electron chi connectivity index (χ2n) is 3.42. The van der Waals surface area contributed by atoms with Gasteiger partial charge in [-0.05, 0) is 31.4 Å². The zero-order chi connectivity index (χ0) is 9.31. The molecule has 1 aliphatic rings. The standard InChI is InChI=1S/C9H12N2O2/c12-8(9(13)4-3-5-9)10-11-6-1-2-7-11/h1-2,6-7,13H,3-5H2,(H,10,12). The van der Waals surface area contributed by atoms with Gasteiger partial charge in [0.2, 0.25) is 0 Å². The molecular weight excluding hydrogens is 168 g/mol.